The van der Waals surface area contributed by atoms with Crippen LogP contribution in [0.2, 0.25) is 5.02 Å². The van der Waals surface area contributed by atoms with E-state index in [1.54, 1.807) is 127 Å². The lowest BCUT2D eigenvalue weighted by Crippen LogP contribution is -2.14. The van der Waals surface area contributed by atoms with Gasteiger partial charge >= 0.3 is 0 Å². The van der Waals surface area contributed by atoms with E-state index in [4.69, 9.17) is 44.8 Å². The molecule has 2 aromatic carbocycles. The minimum absolute atomic E-state index is 0.255. The number of H-pyrrole nitrogens is 1. The van der Waals surface area contributed by atoms with Crippen molar-refractivity contribution in [3.63, 3.8) is 0 Å². The molecule has 0 radical (unpaired) electrons. The van der Waals surface area contributed by atoms with Gasteiger partial charge in [-0.15, -0.1) is 0 Å². The van der Waals surface area contributed by atoms with E-state index in [2.05, 4.69) is 76.2 Å². The standard InChI is InChI=1S/C28H26ClN7O3.C28H28N6O4.C25H26N6O3/c1-38-14-15-39-13-12-35-19-26(27(34-35)24-8-2-3-11-30-24)33-28(37)25-10-5-9-23(32-25)20-17-31-36(18-20)22-7-4-6-21(29)16-22;1-36-14-15-38-13-12-34-18-26(27(33-34)22-6-3-4-11-29-22)32-28(35)23-8-5-7-21(30-23)25-16-19-9-10-20(37-2)17-24(19)31-25;1-18-16-19(9-11-26-18)20-7-5-8-22(28-20)25(32)29-23-17-31(12-13-34-15-14-33-2)30-24(23)21-6-3-4-10-27-21/h2-11,16-19H,12-15H2,1H3,(H,33,37);3-11,16-18,31H,12-15H2,1-2H3,(H,32,35);3-11,16-17H,12-15H2,1-2H3,(H,29,32). The van der Waals surface area contributed by atoms with Gasteiger partial charge in [0.25, 0.3) is 17.7 Å². The second-order valence-electron chi connectivity index (χ2n) is 24.5. The topological polar surface area (TPSA) is 329 Å². The monoisotopic (exact) mass is 1510 g/mol. The first-order chi connectivity index (χ1) is 54.4. The lowest BCUT2D eigenvalue weighted by molar-refractivity contribution is 0.0654. The molecule has 0 aliphatic carbocycles. The molecule has 4 N–H and O–H groups in total. The summed E-state index contributed by atoms with van der Waals surface area (Å²) in [5.41, 5.74) is 13.2. The van der Waals surface area contributed by atoms with Crippen LogP contribution in [-0.4, -0.2) is 185 Å². The molecule has 0 aliphatic heterocycles. The number of ether oxygens (including phenoxy) is 7. The maximum absolute atomic E-state index is 13.3. The molecule has 12 heterocycles. The largest absolute Gasteiger partial charge is 0.497 e. The fraction of sp³-hybridized carbons (Fsp3) is 0.210. The number of aromatic amines is 1. The van der Waals surface area contributed by atoms with Gasteiger partial charge in [0.2, 0.25) is 0 Å². The molecule has 111 heavy (non-hydrogen) atoms. The summed E-state index contributed by atoms with van der Waals surface area (Å²) in [7, 11) is 6.53. The Labute approximate surface area is 644 Å². The highest BCUT2D eigenvalue weighted by Gasteiger charge is 2.22. The molecule has 0 aliphatic rings. The lowest BCUT2D eigenvalue weighted by Gasteiger charge is -2.07. The van der Waals surface area contributed by atoms with Gasteiger partial charge in [0, 0.05) is 110 Å². The van der Waals surface area contributed by atoms with Crippen LogP contribution in [0.15, 0.2) is 226 Å². The second kappa shape index (κ2) is 39.3. The number of pyridine rings is 7. The summed E-state index contributed by atoms with van der Waals surface area (Å²) in [4.78, 5) is 74.2. The number of rotatable bonds is 32. The summed E-state index contributed by atoms with van der Waals surface area (Å²) in [6.45, 7) is 7.91. The van der Waals surface area contributed by atoms with E-state index in [0.717, 1.165) is 44.9 Å². The fourth-order valence-electron chi connectivity index (χ4n) is 11.2. The normalized spacial score (nSPS) is 11.0. The van der Waals surface area contributed by atoms with Gasteiger partial charge in [-0.1, -0.05) is 54.1 Å². The maximum atomic E-state index is 13.3. The van der Waals surface area contributed by atoms with Crippen molar-refractivity contribution in [2.45, 2.75) is 26.6 Å². The third-order valence-electron chi connectivity index (χ3n) is 16.6. The number of aryl methyl sites for hydroxylation is 1. The van der Waals surface area contributed by atoms with E-state index in [-0.39, 0.29) is 29.1 Å². The second-order valence-corrected chi connectivity index (χ2v) is 24.9. The number of amides is 3. The summed E-state index contributed by atoms with van der Waals surface area (Å²) in [6, 6.07) is 51.6. The van der Waals surface area contributed by atoms with Crippen LogP contribution in [0.5, 0.6) is 5.75 Å². The third kappa shape index (κ3) is 21.5. The summed E-state index contributed by atoms with van der Waals surface area (Å²) in [5, 5.41) is 28.8. The number of anilines is 3. The van der Waals surface area contributed by atoms with Crippen molar-refractivity contribution < 1.29 is 47.5 Å². The van der Waals surface area contributed by atoms with Crippen LogP contribution < -0.4 is 20.7 Å². The Morgan fingerprint density at radius 1 is 0.432 bits per heavy atom. The number of nitrogens with one attached hydrogen (secondary N) is 4. The van der Waals surface area contributed by atoms with Crippen molar-refractivity contribution in [1.29, 1.82) is 0 Å². The predicted molar refractivity (Wildman–Crippen MR) is 420 cm³/mol. The first-order valence-corrected chi connectivity index (χ1v) is 35.7. The number of carbonyl (C=O) groups is 3. The molecule has 0 atom stereocenters. The molecule has 0 fully saturated rings. The molecule has 0 saturated carbocycles. The van der Waals surface area contributed by atoms with Gasteiger partial charge in [-0.05, 0) is 128 Å². The Morgan fingerprint density at radius 3 is 1.34 bits per heavy atom. The number of nitrogens with zero attached hydrogens (tertiary/aromatic N) is 15. The van der Waals surface area contributed by atoms with Crippen LogP contribution in [0.25, 0.3) is 84.7 Å². The Morgan fingerprint density at radius 2 is 0.892 bits per heavy atom. The van der Waals surface area contributed by atoms with Crippen LogP contribution in [-0.2, 0) is 48.1 Å². The zero-order chi connectivity index (χ0) is 77.1. The first-order valence-electron chi connectivity index (χ1n) is 35.3. The highest BCUT2D eigenvalue weighted by Crippen LogP contribution is 2.31. The van der Waals surface area contributed by atoms with Gasteiger partial charge in [-0.3, -0.25) is 48.4 Å². The highest BCUT2D eigenvalue weighted by atomic mass is 35.5. The van der Waals surface area contributed by atoms with E-state index >= 15 is 0 Å². The van der Waals surface area contributed by atoms with Gasteiger partial charge in [-0.25, -0.2) is 19.6 Å². The molecule has 0 saturated heterocycles. The molecule has 14 rings (SSSR count). The summed E-state index contributed by atoms with van der Waals surface area (Å²) in [5.74, 6) is -0.289. The first kappa shape index (κ1) is 77.7. The molecule has 0 bridgehead atoms. The van der Waals surface area contributed by atoms with E-state index in [9.17, 15) is 14.4 Å². The van der Waals surface area contributed by atoms with Crippen LogP contribution in [0.4, 0.5) is 17.1 Å². The van der Waals surface area contributed by atoms with E-state index in [1.807, 2.05) is 153 Å². The van der Waals surface area contributed by atoms with Crippen LogP contribution in [0.1, 0.15) is 37.2 Å². The van der Waals surface area contributed by atoms with Crippen LogP contribution >= 0.6 is 11.6 Å². The number of aromatic nitrogens is 16. The third-order valence-corrected chi connectivity index (χ3v) is 16.9. The van der Waals surface area contributed by atoms with Gasteiger partial charge in [0.1, 0.15) is 39.9 Å². The summed E-state index contributed by atoms with van der Waals surface area (Å²) in [6.07, 6.45) is 15.6. The molecule has 12 aromatic heterocycles. The minimum Gasteiger partial charge on any atom is -0.497 e. The van der Waals surface area contributed by atoms with Crippen LogP contribution in [0.3, 0.4) is 0 Å². The maximum Gasteiger partial charge on any atom is 0.274 e. The number of hydrogen-bond acceptors (Lipinski definition) is 21. The van der Waals surface area contributed by atoms with Gasteiger partial charge < -0.3 is 54.1 Å². The molecular weight excluding hydrogens is 1430 g/mol. The fourth-order valence-corrected chi connectivity index (χ4v) is 11.4. The smallest absolute Gasteiger partial charge is 0.274 e. The molecular formula is C81H80ClN19O10. The highest BCUT2D eigenvalue weighted by molar-refractivity contribution is 6.30. The van der Waals surface area contributed by atoms with Crippen LogP contribution in [0, 0.1) is 6.92 Å². The van der Waals surface area contributed by atoms with Gasteiger partial charge in [0.05, 0.1) is 155 Å². The van der Waals surface area contributed by atoms with Crippen molar-refractivity contribution >= 4 is 57.3 Å². The lowest BCUT2D eigenvalue weighted by atomic mass is 10.1. The van der Waals surface area contributed by atoms with Crippen molar-refractivity contribution in [2.75, 3.05) is 104 Å². The van der Waals surface area contributed by atoms with E-state index in [1.165, 1.54) is 0 Å². The Hall–Kier alpha value is -12.9. The number of halogens is 1. The molecule has 29 nitrogen and oxygen atoms in total. The Bertz CT molecular complexity index is 5370. The number of fused-ring (bicyclic) bond motifs is 1. The number of carbonyl (C=O) groups excluding carboxylic acids is 3. The minimum atomic E-state index is -0.368. The van der Waals surface area contributed by atoms with Crippen molar-refractivity contribution in [2.24, 2.45) is 0 Å². The van der Waals surface area contributed by atoms with E-state index in [0.29, 0.717) is 158 Å². The molecule has 30 heteroatoms. The summed E-state index contributed by atoms with van der Waals surface area (Å²) >= 11 is 6.12. The van der Waals surface area contributed by atoms with Gasteiger partial charge in [-0.2, -0.15) is 20.4 Å². The molecule has 3 amide bonds. The number of methoxy groups -OCH3 is 4. The SMILES string of the molecule is COCCOCCn1cc(NC(=O)c2cccc(-c3cc4ccc(OC)cc4[nH]3)n2)c(-c2ccccn2)n1.COCCOCCn1cc(NC(=O)c2cccc(-c3ccnc(C)c3)n2)c(-c2ccccn2)n1.COCCOCCn1cc(NC(=O)c2cccc(-c3cnn(-c4cccc(Cl)c4)c3)n2)c(-c2ccccn2)n1. The van der Waals surface area contributed by atoms with Crippen molar-refractivity contribution in [1.82, 2.24) is 79.0 Å². The zero-order valence-electron chi connectivity index (χ0n) is 61.5. The Balaban J connectivity index is 0.000000155. The molecule has 566 valence electrons. The average molecular weight is 1520 g/mol. The molecule has 0 spiro atoms. The van der Waals surface area contributed by atoms with E-state index < -0.39 is 0 Å². The quantitative estimate of drug-likeness (QED) is 0.0285. The zero-order valence-corrected chi connectivity index (χ0v) is 62.3. The van der Waals surface area contributed by atoms with Gasteiger partial charge in [0.15, 0.2) is 0 Å². The number of benzene rings is 2. The van der Waals surface area contributed by atoms with Crippen molar-refractivity contribution in [3.05, 3.63) is 253 Å². The molecule has 14 aromatic rings. The Kier molecular flexibility index (Phi) is 27.5. The van der Waals surface area contributed by atoms with Crippen molar-refractivity contribution in [3.8, 4) is 79.5 Å². The number of hydrogen-bond donors (Lipinski definition) is 4. The predicted octanol–water partition coefficient (Wildman–Crippen LogP) is 12.8. The summed E-state index contributed by atoms with van der Waals surface area (Å²) < 4.78 is 43.9. The molecule has 0 unspecified atom stereocenters. The average Bonchev–Trinajstić information content (AvgIpc) is 1.58.